The van der Waals surface area contributed by atoms with Gasteiger partial charge in [-0.2, -0.15) is 0 Å². The van der Waals surface area contributed by atoms with Gasteiger partial charge >= 0.3 is 6.09 Å². The lowest BCUT2D eigenvalue weighted by Crippen LogP contribution is -2.54. The molecule has 0 heterocycles. The summed E-state index contributed by atoms with van der Waals surface area (Å²) in [6, 6.07) is 23.2. The number of carbonyl (C=O) groups is 3. The van der Waals surface area contributed by atoms with Crippen LogP contribution in [-0.2, 0) is 27.3 Å². The zero-order valence-electron chi connectivity index (χ0n) is 25.1. The molecule has 0 fully saturated rings. The van der Waals surface area contributed by atoms with Gasteiger partial charge in [0.1, 0.15) is 17.7 Å². The maximum Gasteiger partial charge on any atom is 0.408 e. The van der Waals surface area contributed by atoms with Crippen LogP contribution in [0, 0.1) is 13.8 Å². The number of hydrogen-bond acceptors (Lipinski definition) is 4. The van der Waals surface area contributed by atoms with E-state index in [4.69, 9.17) is 4.74 Å². The fraction of sp³-hybridized carbons (Fsp3) is 0.382. The number of amides is 3. The Morgan fingerprint density at radius 1 is 0.829 bits per heavy atom. The van der Waals surface area contributed by atoms with Crippen LogP contribution in [0.15, 0.2) is 78.9 Å². The van der Waals surface area contributed by atoms with Gasteiger partial charge in [0.15, 0.2) is 0 Å². The molecule has 0 saturated heterocycles. The van der Waals surface area contributed by atoms with E-state index in [9.17, 15) is 14.4 Å². The summed E-state index contributed by atoms with van der Waals surface area (Å²) >= 11 is 0. The van der Waals surface area contributed by atoms with E-state index in [2.05, 4.69) is 10.6 Å². The fourth-order valence-electron chi connectivity index (χ4n) is 4.88. The number of aryl methyl sites for hydroxylation is 2. The smallest absolute Gasteiger partial charge is 0.408 e. The molecule has 0 aliphatic heterocycles. The molecule has 3 aromatic rings. The summed E-state index contributed by atoms with van der Waals surface area (Å²) in [7, 11) is 0. The van der Waals surface area contributed by atoms with Gasteiger partial charge in [0.05, 0.1) is 0 Å². The molecule has 218 valence electrons. The Balaban J connectivity index is 2.03. The van der Waals surface area contributed by atoms with Gasteiger partial charge in [-0.25, -0.2) is 4.79 Å². The quantitative estimate of drug-likeness (QED) is 0.301. The zero-order chi connectivity index (χ0) is 30.0. The molecule has 7 nitrogen and oxygen atoms in total. The Bertz CT molecular complexity index is 1280. The maximum absolute atomic E-state index is 14.4. The van der Waals surface area contributed by atoms with Crippen LogP contribution >= 0.6 is 0 Å². The first-order chi connectivity index (χ1) is 19.5. The molecule has 0 bridgehead atoms. The van der Waals surface area contributed by atoms with Gasteiger partial charge in [-0.1, -0.05) is 85.8 Å². The van der Waals surface area contributed by atoms with Crippen LogP contribution in [0.4, 0.5) is 4.79 Å². The number of benzene rings is 3. The predicted molar refractivity (Wildman–Crippen MR) is 162 cm³/mol. The second-order valence-electron chi connectivity index (χ2n) is 11.3. The minimum Gasteiger partial charge on any atom is -0.444 e. The van der Waals surface area contributed by atoms with Gasteiger partial charge in [0.2, 0.25) is 11.8 Å². The maximum atomic E-state index is 14.4. The monoisotopic (exact) mass is 557 g/mol. The van der Waals surface area contributed by atoms with Crippen molar-refractivity contribution in [3.8, 4) is 0 Å². The van der Waals surface area contributed by atoms with E-state index in [0.717, 1.165) is 27.8 Å². The van der Waals surface area contributed by atoms with Gasteiger partial charge in [0.25, 0.3) is 0 Å². The molecule has 41 heavy (non-hydrogen) atoms. The largest absolute Gasteiger partial charge is 0.444 e. The first-order valence-corrected chi connectivity index (χ1v) is 14.2. The zero-order valence-corrected chi connectivity index (χ0v) is 25.1. The van der Waals surface area contributed by atoms with Crippen LogP contribution in [0.5, 0.6) is 0 Å². The first kappa shape index (κ1) is 31.4. The van der Waals surface area contributed by atoms with Crippen LogP contribution < -0.4 is 10.6 Å². The van der Waals surface area contributed by atoms with Crippen molar-refractivity contribution in [3.05, 3.63) is 107 Å². The van der Waals surface area contributed by atoms with Crippen LogP contribution in [0.2, 0.25) is 0 Å². The topological polar surface area (TPSA) is 87.7 Å². The molecule has 2 unspecified atom stereocenters. The summed E-state index contributed by atoms with van der Waals surface area (Å²) in [6.45, 7) is 11.9. The van der Waals surface area contributed by atoms with Crippen molar-refractivity contribution in [2.24, 2.45) is 0 Å². The van der Waals surface area contributed by atoms with Crippen molar-refractivity contribution in [2.75, 3.05) is 6.54 Å². The van der Waals surface area contributed by atoms with Crippen molar-refractivity contribution >= 4 is 17.9 Å². The fourth-order valence-corrected chi connectivity index (χ4v) is 4.88. The molecule has 2 atom stereocenters. The summed E-state index contributed by atoms with van der Waals surface area (Å²) in [4.78, 5) is 43.0. The van der Waals surface area contributed by atoms with E-state index in [1.807, 2.05) is 99.6 Å². The number of nitrogens with zero attached hydrogens (tertiary/aromatic N) is 1. The lowest BCUT2D eigenvalue weighted by atomic mass is 9.93. The molecule has 3 amide bonds. The summed E-state index contributed by atoms with van der Waals surface area (Å²) in [5, 5.41) is 5.87. The lowest BCUT2D eigenvalue weighted by molar-refractivity contribution is -0.142. The molecule has 0 saturated carbocycles. The highest BCUT2D eigenvalue weighted by atomic mass is 16.6. The standard InChI is InChI=1S/C34H43N3O4/c1-7-21-37(32(39)28(22-26-17-10-8-11-18-26)36-33(40)41-34(4,5)6)30(29-24(2)15-14-16-25(29)3)31(38)35-23-27-19-12-9-13-20-27/h8-20,28,30H,7,21-23H2,1-6H3,(H,35,38)(H,36,40). The van der Waals surface area contributed by atoms with Gasteiger partial charge < -0.3 is 20.3 Å². The Kier molecular flexibility index (Phi) is 11.1. The SMILES string of the molecule is CCCN(C(=O)C(Cc1ccccc1)NC(=O)OC(C)(C)C)C(C(=O)NCc1ccccc1)c1c(C)cccc1C. The van der Waals surface area contributed by atoms with Crippen LogP contribution in [0.25, 0.3) is 0 Å². The molecule has 0 aliphatic rings. The molecule has 0 aliphatic carbocycles. The van der Waals surface area contributed by atoms with Crippen LogP contribution in [0.3, 0.4) is 0 Å². The summed E-state index contributed by atoms with van der Waals surface area (Å²) in [5.41, 5.74) is 3.73. The van der Waals surface area contributed by atoms with Crippen molar-refractivity contribution in [1.29, 1.82) is 0 Å². The molecule has 7 heteroatoms. The number of hydrogen-bond donors (Lipinski definition) is 2. The van der Waals surface area contributed by atoms with Crippen molar-refractivity contribution in [1.82, 2.24) is 15.5 Å². The summed E-state index contributed by atoms with van der Waals surface area (Å²) < 4.78 is 5.51. The molecular weight excluding hydrogens is 514 g/mol. The number of carbonyl (C=O) groups excluding carboxylic acids is 3. The number of rotatable bonds is 11. The summed E-state index contributed by atoms with van der Waals surface area (Å²) in [5.74, 6) is -0.618. The summed E-state index contributed by atoms with van der Waals surface area (Å²) in [6.07, 6.45) is 0.203. The van der Waals surface area contributed by atoms with E-state index in [1.165, 1.54) is 0 Å². The van der Waals surface area contributed by atoms with Crippen molar-refractivity contribution in [2.45, 2.75) is 78.6 Å². The first-order valence-electron chi connectivity index (χ1n) is 14.2. The molecule has 0 spiro atoms. The third-order valence-electron chi connectivity index (χ3n) is 6.70. The van der Waals surface area contributed by atoms with E-state index in [0.29, 0.717) is 19.5 Å². The van der Waals surface area contributed by atoms with E-state index in [1.54, 1.807) is 25.7 Å². The van der Waals surface area contributed by atoms with Gasteiger partial charge in [-0.05, 0) is 68.9 Å². The van der Waals surface area contributed by atoms with Crippen LogP contribution in [-0.4, -0.2) is 41.0 Å². The average molecular weight is 558 g/mol. The predicted octanol–water partition coefficient (Wildman–Crippen LogP) is 6.04. The van der Waals surface area contributed by atoms with Gasteiger partial charge in [-0.15, -0.1) is 0 Å². The third-order valence-corrected chi connectivity index (χ3v) is 6.70. The highest BCUT2D eigenvalue weighted by molar-refractivity contribution is 5.92. The normalized spacial score (nSPS) is 12.6. The molecular formula is C34H43N3O4. The van der Waals surface area contributed by atoms with Gasteiger partial charge in [0, 0.05) is 19.5 Å². The highest BCUT2D eigenvalue weighted by Gasteiger charge is 2.37. The molecule has 2 N–H and O–H groups in total. The van der Waals surface area contributed by atoms with Crippen molar-refractivity contribution in [3.63, 3.8) is 0 Å². The van der Waals surface area contributed by atoms with Crippen molar-refractivity contribution < 1.29 is 19.1 Å². The minimum absolute atomic E-state index is 0.254. The molecule has 0 radical (unpaired) electrons. The van der Waals surface area contributed by atoms with Gasteiger partial charge in [-0.3, -0.25) is 9.59 Å². The third kappa shape index (κ3) is 9.20. The van der Waals surface area contributed by atoms with E-state index < -0.39 is 23.8 Å². The Morgan fingerprint density at radius 2 is 1.39 bits per heavy atom. The highest BCUT2D eigenvalue weighted by Crippen LogP contribution is 2.29. The van der Waals surface area contributed by atoms with E-state index >= 15 is 0 Å². The minimum atomic E-state index is -0.937. The Morgan fingerprint density at radius 3 is 1.93 bits per heavy atom. The average Bonchev–Trinajstić information content (AvgIpc) is 2.92. The Hall–Kier alpha value is -4.13. The molecule has 3 rings (SSSR count). The number of nitrogens with one attached hydrogen (secondary N) is 2. The lowest BCUT2D eigenvalue weighted by Gasteiger charge is -2.35. The second kappa shape index (κ2) is 14.5. The number of alkyl carbamates (subject to hydrolysis) is 1. The molecule has 0 aromatic heterocycles. The van der Waals surface area contributed by atoms with Crippen LogP contribution in [0.1, 0.15) is 68.0 Å². The van der Waals surface area contributed by atoms with E-state index in [-0.39, 0.29) is 18.2 Å². The molecule has 3 aromatic carbocycles. The second-order valence-corrected chi connectivity index (χ2v) is 11.3. The number of ether oxygens (including phenoxy) is 1. The Labute approximate surface area is 244 Å².